The van der Waals surface area contributed by atoms with Crippen molar-refractivity contribution in [2.75, 3.05) is 4.72 Å². The molecule has 1 aromatic heterocycles. The minimum Gasteiger partial charge on any atom is -0.264 e. The third-order valence-electron chi connectivity index (χ3n) is 2.30. The second-order valence-electron chi connectivity index (χ2n) is 3.72. The average molecular weight is 326 g/mol. The van der Waals surface area contributed by atoms with Crippen molar-refractivity contribution in [2.45, 2.75) is 11.1 Å². The van der Waals surface area contributed by atoms with Crippen molar-refractivity contribution < 1.29 is 21.6 Å². The molecule has 0 aliphatic carbocycles. The second-order valence-corrected chi connectivity index (χ2v) is 5.80. The minimum atomic E-state index is -4.74. The number of hydrogen-bond donors (Lipinski definition) is 2. The normalized spacial score (nSPS) is 12.4. The average Bonchev–Trinajstić information content (AvgIpc) is 2.79. The standard InChI is InChI=1S/C10H7ClF3N3O2S/c11-8-2-1-6(5-7(8)10(12,13)14)20(18,19)17-9-3-4-15-16-9/h1-5H,(H2,15,16,17). The molecule has 0 atom stereocenters. The fourth-order valence-electron chi connectivity index (χ4n) is 1.41. The van der Waals surface area contributed by atoms with E-state index in [0.717, 1.165) is 12.1 Å². The molecule has 0 fully saturated rings. The number of benzene rings is 1. The van der Waals surface area contributed by atoms with Gasteiger partial charge in [-0.1, -0.05) is 11.6 Å². The van der Waals surface area contributed by atoms with E-state index in [-0.39, 0.29) is 5.82 Å². The van der Waals surface area contributed by atoms with Crippen LogP contribution < -0.4 is 4.72 Å². The van der Waals surface area contributed by atoms with Gasteiger partial charge in [0.15, 0.2) is 0 Å². The van der Waals surface area contributed by atoms with Gasteiger partial charge in [0.25, 0.3) is 10.0 Å². The molecule has 1 heterocycles. The summed E-state index contributed by atoms with van der Waals surface area (Å²) in [5.41, 5.74) is -1.22. The summed E-state index contributed by atoms with van der Waals surface area (Å²) < 4.78 is 63.9. The smallest absolute Gasteiger partial charge is 0.264 e. The highest BCUT2D eigenvalue weighted by Gasteiger charge is 2.34. The first-order valence-electron chi connectivity index (χ1n) is 5.09. The van der Waals surface area contributed by atoms with Gasteiger partial charge in [-0.05, 0) is 18.2 Å². The predicted molar refractivity (Wildman–Crippen MR) is 65.9 cm³/mol. The molecule has 5 nitrogen and oxygen atoms in total. The van der Waals surface area contributed by atoms with Gasteiger partial charge in [0.1, 0.15) is 5.82 Å². The maximum absolute atomic E-state index is 12.7. The van der Waals surface area contributed by atoms with E-state index in [4.69, 9.17) is 11.6 Å². The number of nitrogens with one attached hydrogen (secondary N) is 2. The molecule has 0 saturated heterocycles. The van der Waals surface area contributed by atoms with Gasteiger partial charge >= 0.3 is 6.18 Å². The molecule has 0 saturated carbocycles. The van der Waals surface area contributed by atoms with E-state index < -0.39 is 31.7 Å². The summed E-state index contributed by atoms with van der Waals surface area (Å²) in [6.07, 6.45) is -3.45. The summed E-state index contributed by atoms with van der Waals surface area (Å²) in [5.74, 6) is 0.0357. The first kappa shape index (κ1) is 14.7. The van der Waals surface area contributed by atoms with E-state index in [0.29, 0.717) is 6.07 Å². The van der Waals surface area contributed by atoms with Crippen LogP contribution in [-0.2, 0) is 16.2 Å². The van der Waals surface area contributed by atoms with Crippen LogP contribution in [0.2, 0.25) is 5.02 Å². The Kier molecular flexibility index (Phi) is 3.65. The van der Waals surface area contributed by atoms with Crippen molar-refractivity contribution in [1.82, 2.24) is 10.2 Å². The Morgan fingerprint density at radius 2 is 1.95 bits per heavy atom. The number of sulfonamides is 1. The van der Waals surface area contributed by atoms with Crippen LogP contribution in [0.15, 0.2) is 35.4 Å². The zero-order valence-electron chi connectivity index (χ0n) is 9.57. The minimum absolute atomic E-state index is 0.0357. The lowest BCUT2D eigenvalue weighted by Crippen LogP contribution is -2.15. The largest absolute Gasteiger partial charge is 0.417 e. The number of halogens is 4. The molecule has 0 bridgehead atoms. The molecule has 0 aliphatic heterocycles. The first-order chi connectivity index (χ1) is 9.20. The molecule has 0 aliphatic rings. The Labute approximate surface area is 116 Å². The monoisotopic (exact) mass is 325 g/mol. The Hall–Kier alpha value is -1.74. The fraction of sp³-hybridized carbons (Fsp3) is 0.100. The van der Waals surface area contributed by atoms with Gasteiger partial charge in [-0.15, -0.1) is 0 Å². The zero-order chi connectivity index (χ0) is 15.0. The number of hydrogen-bond acceptors (Lipinski definition) is 3. The van der Waals surface area contributed by atoms with Crippen molar-refractivity contribution in [2.24, 2.45) is 0 Å². The predicted octanol–water partition coefficient (Wildman–Crippen LogP) is 2.88. The van der Waals surface area contributed by atoms with Gasteiger partial charge in [0.05, 0.1) is 21.7 Å². The quantitative estimate of drug-likeness (QED) is 0.911. The fourth-order valence-corrected chi connectivity index (χ4v) is 2.67. The lowest BCUT2D eigenvalue weighted by atomic mass is 10.2. The summed E-state index contributed by atoms with van der Waals surface area (Å²) in [6, 6.07) is 3.65. The Morgan fingerprint density at radius 3 is 2.50 bits per heavy atom. The van der Waals surface area contributed by atoms with Crippen molar-refractivity contribution >= 4 is 27.4 Å². The molecule has 0 unspecified atom stereocenters. The van der Waals surface area contributed by atoms with Crippen molar-refractivity contribution in [3.05, 3.63) is 41.0 Å². The SMILES string of the molecule is O=S(=O)(Nc1ccn[nH]1)c1ccc(Cl)c(C(F)(F)F)c1. The van der Waals surface area contributed by atoms with Gasteiger partial charge in [-0.2, -0.15) is 18.3 Å². The topological polar surface area (TPSA) is 74.8 Å². The van der Waals surface area contributed by atoms with Crippen LogP contribution >= 0.6 is 11.6 Å². The number of anilines is 1. The summed E-state index contributed by atoms with van der Waals surface area (Å²) in [5, 5.41) is 5.28. The van der Waals surface area contributed by atoms with E-state index in [2.05, 4.69) is 14.9 Å². The van der Waals surface area contributed by atoms with E-state index in [1.54, 1.807) is 0 Å². The Morgan fingerprint density at radius 1 is 1.25 bits per heavy atom. The van der Waals surface area contributed by atoms with Crippen LogP contribution in [0.4, 0.5) is 19.0 Å². The highest BCUT2D eigenvalue weighted by Crippen LogP contribution is 2.36. The molecule has 10 heteroatoms. The van der Waals surface area contributed by atoms with Crippen LogP contribution in [0.3, 0.4) is 0 Å². The van der Waals surface area contributed by atoms with E-state index in [1.165, 1.54) is 12.3 Å². The summed E-state index contributed by atoms with van der Waals surface area (Å²) in [6.45, 7) is 0. The lowest BCUT2D eigenvalue weighted by molar-refractivity contribution is -0.137. The maximum atomic E-state index is 12.7. The molecular weight excluding hydrogens is 319 g/mol. The zero-order valence-corrected chi connectivity index (χ0v) is 11.1. The molecular formula is C10H7ClF3N3O2S. The first-order valence-corrected chi connectivity index (χ1v) is 6.95. The summed E-state index contributed by atoms with van der Waals surface area (Å²) >= 11 is 5.42. The van der Waals surface area contributed by atoms with E-state index in [1.807, 2.05) is 0 Å². The van der Waals surface area contributed by atoms with E-state index in [9.17, 15) is 21.6 Å². The van der Waals surface area contributed by atoms with Crippen LogP contribution in [-0.4, -0.2) is 18.6 Å². The van der Waals surface area contributed by atoms with Gasteiger partial charge in [-0.25, -0.2) is 8.42 Å². The maximum Gasteiger partial charge on any atom is 0.417 e. The number of alkyl halides is 3. The molecule has 108 valence electrons. The summed E-state index contributed by atoms with van der Waals surface area (Å²) in [7, 11) is -4.16. The number of nitrogens with zero attached hydrogens (tertiary/aromatic N) is 1. The van der Waals surface area contributed by atoms with Crippen LogP contribution in [0.5, 0.6) is 0 Å². The van der Waals surface area contributed by atoms with Crippen molar-refractivity contribution in [3.63, 3.8) is 0 Å². The van der Waals surface area contributed by atoms with Gasteiger partial charge in [-0.3, -0.25) is 9.82 Å². The van der Waals surface area contributed by atoms with Gasteiger partial charge in [0.2, 0.25) is 0 Å². The lowest BCUT2D eigenvalue weighted by Gasteiger charge is -2.11. The Bertz CT molecular complexity index is 714. The third kappa shape index (κ3) is 3.05. The van der Waals surface area contributed by atoms with Crippen molar-refractivity contribution in [1.29, 1.82) is 0 Å². The Balaban J connectivity index is 2.43. The van der Waals surface area contributed by atoms with Gasteiger partial charge in [0, 0.05) is 6.07 Å². The van der Waals surface area contributed by atoms with Crippen molar-refractivity contribution in [3.8, 4) is 0 Å². The molecule has 0 amide bonds. The molecule has 2 aromatic rings. The number of rotatable bonds is 3. The molecule has 2 rings (SSSR count). The molecule has 2 N–H and O–H groups in total. The highest BCUT2D eigenvalue weighted by atomic mass is 35.5. The number of aromatic nitrogens is 2. The summed E-state index contributed by atoms with van der Waals surface area (Å²) in [4.78, 5) is -0.552. The molecule has 1 aromatic carbocycles. The van der Waals surface area contributed by atoms with Gasteiger partial charge < -0.3 is 0 Å². The third-order valence-corrected chi connectivity index (χ3v) is 3.99. The van der Waals surface area contributed by atoms with Crippen LogP contribution in [0.25, 0.3) is 0 Å². The van der Waals surface area contributed by atoms with E-state index >= 15 is 0 Å². The highest BCUT2D eigenvalue weighted by molar-refractivity contribution is 7.92. The van der Waals surface area contributed by atoms with Crippen LogP contribution in [0.1, 0.15) is 5.56 Å². The number of H-pyrrole nitrogens is 1. The second kappa shape index (κ2) is 4.98. The molecule has 20 heavy (non-hydrogen) atoms. The molecule has 0 radical (unpaired) electrons. The van der Waals surface area contributed by atoms with Crippen LogP contribution in [0, 0.1) is 0 Å². The number of aromatic amines is 1. The molecule has 0 spiro atoms.